The summed E-state index contributed by atoms with van der Waals surface area (Å²) in [5.41, 5.74) is 1.16. The average molecular weight is 298 g/mol. The highest BCUT2D eigenvalue weighted by Crippen LogP contribution is 2.41. The lowest BCUT2D eigenvalue weighted by atomic mass is 10.00. The topological polar surface area (TPSA) is 27.0 Å². The molecule has 3 rings (SSSR count). The maximum absolute atomic E-state index is 14.2. The van der Waals surface area contributed by atoms with E-state index in [2.05, 4.69) is 6.92 Å². The van der Waals surface area contributed by atoms with Gasteiger partial charge in [-0.3, -0.25) is 0 Å². The van der Waals surface area contributed by atoms with Gasteiger partial charge >= 0.3 is 0 Å². The number of halogens is 2. The van der Waals surface area contributed by atoms with E-state index in [1.807, 2.05) is 11.0 Å². The van der Waals surface area contributed by atoms with Crippen LogP contribution in [0.3, 0.4) is 0 Å². The summed E-state index contributed by atoms with van der Waals surface area (Å²) in [5.74, 6) is -0.451. The van der Waals surface area contributed by atoms with Gasteiger partial charge < -0.3 is 4.90 Å². The molecule has 1 saturated heterocycles. The molecular formula is C18H16F2N2. The molecule has 0 N–H and O–H groups in total. The van der Waals surface area contributed by atoms with Crippen molar-refractivity contribution in [3.8, 4) is 6.07 Å². The van der Waals surface area contributed by atoms with E-state index in [-0.39, 0.29) is 17.4 Å². The molecule has 1 fully saturated rings. The second-order valence-corrected chi connectivity index (χ2v) is 5.78. The maximum Gasteiger partial charge on any atom is 0.143 e. The minimum atomic E-state index is -0.535. The second-order valence-electron chi connectivity index (χ2n) is 5.78. The molecule has 22 heavy (non-hydrogen) atoms. The van der Waals surface area contributed by atoms with Crippen molar-refractivity contribution in [3.05, 3.63) is 65.2 Å². The van der Waals surface area contributed by atoms with Crippen LogP contribution in [0.2, 0.25) is 0 Å². The number of hydrogen-bond donors (Lipinski definition) is 0. The van der Waals surface area contributed by atoms with Crippen molar-refractivity contribution < 1.29 is 8.78 Å². The summed E-state index contributed by atoms with van der Waals surface area (Å²) in [4.78, 5) is 1.95. The summed E-state index contributed by atoms with van der Waals surface area (Å²) < 4.78 is 28.0. The van der Waals surface area contributed by atoms with Crippen molar-refractivity contribution in [1.29, 1.82) is 5.26 Å². The highest BCUT2D eigenvalue weighted by molar-refractivity contribution is 5.62. The third kappa shape index (κ3) is 2.43. The lowest BCUT2D eigenvalue weighted by Gasteiger charge is -2.28. The first-order chi connectivity index (χ1) is 10.6. The number of nitrogens with zero attached hydrogens (tertiary/aromatic N) is 2. The molecule has 0 aromatic heterocycles. The summed E-state index contributed by atoms with van der Waals surface area (Å²) in [5, 5.41) is 9.25. The first-order valence-corrected chi connectivity index (χ1v) is 7.31. The lowest BCUT2D eigenvalue weighted by molar-refractivity contribution is 0.563. The van der Waals surface area contributed by atoms with Gasteiger partial charge in [-0.1, -0.05) is 31.2 Å². The van der Waals surface area contributed by atoms with Crippen molar-refractivity contribution in [2.45, 2.75) is 19.4 Å². The van der Waals surface area contributed by atoms with Gasteiger partial charge in [-0.2, -0.15) is 5.26 Å². The molecular weight excluding hydrogens is 282 g/mol. The predicted octanol–water partition coefficient (Wildman–Crippen LogP) is 4.42. The normalized spacial score (nSPS) is 20.9. The van der Waals surface area contributed by atoms with Crippen molar-refractivity contribution >= 4 is 5.69 Å². The zero-order valence-electron chi connectivity index (χ0n) is 12.3. The van der Waals surface area contributed by atoms with Gasteiger partial charge in [-0.25, -0.2) is 8.78 Å². The highest BCUT2D eigenvalue weighted by atomic mass is 19.1. The van der Waals surface area contributed by atoms with Crippen molar-refractivity contribution in [1.82, 2.24) is 0 Å². The molecule has 1 aliphatic heterocycles. The summed E-state index contributed by atoms with van der Waals surface area (Å²) in [6.07, 6.45) is 0.780. The molecule has 4 heteroatoms. The summed E-state index contributed by atoms with van der Waals surface area (Å²) in [7, 11) is 0. The highest BCUT2D eigenvalue weighted by Gasteiger charge is 2.34. The second kappa shape index (κ2) is 5.76. The fourth-order valence-electron chi connectivity index (χ4n) is 3.22. The summed E-state index contributed by atoms with van der Waals surface area (Å²) >= 11 is 0. The average Bonchev–Trinajstić information content (AvgIpc) is 2.89. The minimum absolute atomic E-state index is 0.0259. The van der Waals surface area contributed by atoms with Crippen molar-refractivity contribution in [2.24, 2.45) is 5.92 Å². The van der Waals surface area contributed by atoms with E-state index in [1.165, 1.54) is 12.1 Å². The Hall–Kier alpha value is -2.41. The van der Waals surface area contributed by atoms with E-state index in [0.29, 0.717) is 23.7 Å². The molecule has 2 nitrogen and oxygen atoms in total. The quantitative estimate of drug-likeness (QED) is 0.820. The Morgan fingerprint density at radius 2 is 1.82 bits per heavy atom. The minimum Gasteiger partial charge on any atom is -0.363 e. The first-order valence-electron chi connectivity index (χ1n) is 7.31. The van der Waals surface area contributed by atoms with Crippen LogP contribution >= 0.6 is 0 Å². The van der Waals surface area contributed by atoms with E-state index >= 15 is 0 Å². The SMILES string of the molecule is C[C@@H]1C[C@@H](c2ccccc2F)N(c2cccc(F)c2C#N)C1. The van der Waals surface area contributed by atoms with E-state index in [0.717, 1.165) is 6.42 Å². The van der Waals surface area contributed by atoms with Gasteiger partial charge in [0.2, 0.25) is 0 Å². The van der Waals surface area contributed by atoms with Crippen molar-refractivity contribution in [3.63, 3.8) is 0 Å². The van der Waals surface area contributed by atoms with Gasteiger partial charge in [0, 0.05) is 12.1 Å². The smallest absolute Gasteiger partial charge is 0.143 e. The fraction of sp³-hybridized carbons (Fsp3) is 0.278. The number of rotatable bonds is 2. The Bertz CT molecular complexity index is 736. The molecule has 2 aromatic rings. The fourth-order valence-corrected chi connectivity index (χ4v) is 3.22. The summed E-state index contributed by atoms with van der Waals surface area (Å²) in [6, 6.07) is 13.0. The molecule has 0 unspecified atom stereocenters. The van der Waals surface area contributed by atoms with Crippen LogP contribution in [0.25, 0.3) is 0 Å². The van der Waals surface area contributed by atoms with Gasteiger partial charge in [-0.05, 0) is 30.5 Å². The zero-order valence-corrected chi connectivity index (χ0v) is 12.3. The monoisotopic (exact) mass is 298 g/mol. The van der Waals surface area contributed by atoms with Crippen LogP contribution in [0.15, 0.2) is 42.5 Å². The number of benzene rings is 2. The Labute approximate surface area is 128 Å². The molecule has 0 amide bonds. The molecule has 2 atom stereocenters. The maximum atomic E-state index is 14.2. The Morgan fingerprint density at radius 1 is 1.09 bits per heavy atom. The number of hydrogen-bond acceptors (Lipinski definition) is 2. The van der Waals surface area contributed by atoms with Crippen LogP contribution in [0.5, 0.6) is 0 Å². The molecule has 112 valence electrons. The van der Waals surface area contributed by atoms with E-state index in [1.54, 1.807) is 30.3 Å². The molecule has 0 radical (unpaired) electrons. The molecule has 2 aromatic carbocycles. The van der Waals surface area contributed by atoms with Gasteiger partial charge in [0.1, 0.15) is 23.3 Å². The van der Waals surface area contributed by atoms with Crippen LogP contribution in [-0.2, 0) is 0 Å². The molecule has 0 saturated carbocycles. The Morgan fingerprint density at radius 3 is 2.55 bits per heavy atom. The first kappa shape index (κ1) is 14.5. The van der Waals surface area contributed by atoms with Gasteiger partial charge in [0.15, 0.2) is 0 Å². The van der Waals surface area contributed by atoms with Crippen LogP contribution in [0.4, 0.5) is 14.5 Å². The van der Waals surface area contributed by atoms with E-state index in [4.69, 9.17) is 0 Å². The van der Waals surface area contributed by atoms with Crippen molar-refractivity contribution in [2.75, 3.05) is 11.4 Å². The largest absolute Gasteiger partial charge is 0.363 e. The molecule has 1 aliphatic rings. The van der Waals surface area contributed by atoms with Gasteiger partial charge in [0.05, 0.1) is 11.7 Å². The summed E-state index contributed by atoms with van der Waals surface area (Å²) in [6.45, 7) is 2.76. The number of nitriles is 1. The van der Waals surface area contributed by atoms with Crippen LogP contribution in [0, 0.1) is 28.9 Å². The predicted molar refractivity (Wildman–Crippen MR) is 81.4 cm³/mol. The van der Waals surface area contributed by atoms with Crippen LogP contribution in [0.1, 0.15) is 30.5 Å². The zero-order chi connectivity index (χ0) is 15.7. The van der Waals surface area contributed by atoms with Crippen LogP contribution in [-0.4, -0.2) is 6.54 Å². The standard InChI is InChI=1S/C18H16F2N2/c1-12-9-18(13-5-2-3-6-15(13)19)22(11-12)17-8-4-7-16(20)14(17)10-21/h2-8,12,18H,9,11H2,1H3/t12-,18+/m1/s1. The number of anilines is 1. The third-order valence-corrected chi connectivity index (χ3v) is 4.19. The third-order valence-electron chi connectivity index (χ3n) is 4.19. The van der Waals surface area contributed by atoms with E-state index in [9.17, 15) is 14.0 Å². The van der Waals surface area contributed by atoms with Gasteiger partial charge in [0.25, 0.3) is 0 Å². The Balaban J connectivity index is 2.08. The molecule has 1 heterocycles. The molecule has 0 bridgehead atoms. The Kier molecular flexibility index (Phi) is 3.81. The van der Waals surface area contributed by atoms with Crippen LogP contribution < -0.4 is 4.90 Å². The van der Waals surface area contributed by atoms with Gasteiger partial charge in [-0.15, -0.1) is 0 Å². The van der Waals surface area contributed by atoms with E-state index < -0.39 is 5.82 Å². The lowest BCUT2D eigenvalue weighted by Crippen LogP contribution is -2.25. The molecule has 0 spiro atoms. The molecule has 0 aliphatic carbocycles.